The van der Waals surface area contributed by atoms with Gasteiger partial charge in [0.15, 0.2) is 0 Å². The summed E-state index contributed by atoms with van der Waals surface area (Å²) in [6, 6.07) is 10.9. The van der Waals surface area contributed by atoms with Gasteiger partial charge in [0.05, 0.1) is 52.8 Å². The second-order valence-corrected chi connectivity index (χ2v) is 13.1. The van der Waals surface area contributed by atoms with Crippen LogP contribution in [0.4, 0.5) is 30.5 Å². The van der Waals surface area contributed by atoms with Crippen LogP contribution in [0.15, 0.2) is 48.8 Å². The summed E-state index contributed by atoms with van der Waals surface area (Å²) in [6.45, 7) is 0. The maximum absolute atomic E-state index is 14.2. The molecule has 2 heterocycles. The Morgan fingerprint density at radius 1 is 0.763 bits per heavy atom. The smallest absolute Gasteiger partial charge is 0.263 e. The Bertz CT molecular complexity index is 1330. The van der Waals surface area contributed by atoms with Gasteiger partial charge in [-0.2, -0.15) is 4.98 Å². The lowest BCUT2D eigenvalue weighted by molar-refractivity contribution is 0.151. The molecule has 3 aromatic rings. The van der Waals surface area contributed by atoms with Crippen LogP contribution in [0, 0.1) is 5.82 Å². The van der Waals surface area contributed by atoms with Crippen molar-refractivity contribution in [3.8, 4) is 5.69 Å². The first-order chi connectivity index (χ1) is 17.3. The maximum atomic E-state index is 14.2. The molecule has 0 spiro atoms. The Labute approximate surface area is 232 Å². The molecule has 38 heavy (non-hydrogen) atoms. The molecule has 0 saturated carbocycles. The summed E-state index contributed by atoms with van der Waals surface area (Å²) in [5.74, 6) is -0.159. The fraction of sp³-hybridized carbons (Fsp3) is 0.300. The van der Waals surface area contributed by atoms with Crippen molar-refractivity contribution < 1.29 is 13.2 Å². The van der Waals surface area contributed by atoms with Gasteiger partial charge in [0, 0.05) is 16.9 Å². The fourth-order valence-corrected chi connectivity index (χ4v) is 6.37. The Hall–Kier alpha value is -2.38. The van der Waals surface area contributed by atoms with E-state index in [0.717, 1.165) is 0 Å². The second kappa shape index (κ2) is 9.09. The van der Waals surface area contributed by atoms with Gasteiger partial charge in [0.1, 0.15) is 43.5 Å². The molecule has 0 radical (unpaired) electrons. The van der Waals surface area contributed by atoms with Crippen LogP contribution < -0.4 is 10.2 Å². The van der Waals surface area contributed by atoms with Crippen LogP contribution in [0.5, 0.6) is 0 Å². The lowest BCUT2D eigenvalue weighted by Crippen LogP contribution is -2.81. The third kappa shape index (κ3) is 4.17. The largest absolute Gasteiger partial charge is 0.394 e. The van der Waals surface area contributed by atoms with E-state index in [2.05, 4.69) is 98.8 Å². The normalized spacial score (nSPS) is 20.7. The quantitative estimate of drug-likeness (QED) is 0.353. The Morgan fingerprint density at radius 3 is 1.92 bits per heavy atom. The van der Waals surface area contributed by atoms with E-state index < -0.39 is 6.43 Å². The van der Waals surface area contributed by atoms with Gasteiger partial charge < -0.3 is 10.2 Å². The number of aromatic nitrogens is 3. The zero-order valence-electron chi connectivity index (χ0n) is 24.1. The van der Waals surface area contributed by atoms with Crippen LogP contribution in [-0.4, -0.2) is 104 Å². The van der Waals surface area contributed by atoms with Crippen molar-refractivity contribution in [1.82, 2.24) is 14.8 Å². The monoisotopic (exact) mass is 507 g/mol. The van der Waals surface area contributed by atoms with E-state index >= 15 is 0 Å². The van der Waals surface area contributed by atoms with Gasteiger partial charge in [-0.1, -0.05) is 21.7 Å². The highest BCUT2D eigenvalue weighted by Gasteiger charge is 2.65. The summed E-state index contributed by atoms with van der Waals surface area (Å²) in [5, 5.41) is 6.28. The molecule has 0 amide bonds. The van der Waals surface area contributed by atoms with Gasteiger partial charge in [-0.05, 0) is 47.1 Å². The predicted octanol–water partition coefficient (Wildman–Crippen LogP) is -5.11. The van der Waals surface area contributed by atoms with Crippen molar-refractivity contribution in [1.29, 1.82) is 0 Å². The molecular weight excluding hydrogens is 475 g/mol. The average molecular weight is 506 g/mol. The molecule has 0 atom stereocenters. The fourth-order valence-electron chi connectivity index (χ4n) is 6.37. The number of alkyl halides is 2. The van der Waals surface area contributed by atoms with Crippen molar-refractivity contribution in [3.63, 3.8) is 0 Å². The van der Waals surface area contributed by atoms with E-state index in [4.69, 9.17) is 0 Å². The van der Waals surface area contributed by atoms with Crippen LogP contribution in [0.1, 0.15) is 12.0 Å². The van der Waals surface area contributed by atoms with Crippen molar-refractivity contribution in [2.75, 3.05) is 10.2 Å². The first-order valence-electron chi connectivity index (χ1n) is 13.0. The number of nitrogens with one attached hydrogen (secondary N) is 1. The maximum Gasteiger partial charge on any atom is 0.263 e. The van der Waals surface area contributed by atoms with Crippen LogP contribution in [-0.2, 0) is 0 Å². The number of hydrogen-bond donors (Lipinski definition) is 1. The highest BCUT2D eigenvalue weighted by molar-refractivity contribution is 6.71. The summed E-state index contributed by atoms with van der Waals surface area (Å²) >= 11 is 0. The predicted molar refractivity (Wildman–Crippen MR) is 177 cm³/mol. The molecule has 1 aliphatic heterocycles. The third-order valence-corrected chi connectivity index (χ3v) is 10.6. The highest BCUT2D eigenvalue weighted by atomic mass is 19.3. The molecule has 5 nitrogen and oxygen atoms in total. The number of benzene rings is 2. The molecule has 0 unspecified atom stereocenters. The van der Waals surface area contributed by atoms with E-state index in [9.17, 15) is 13.2 Å². The molecule has 18 heteroatoms. The van der Waals surface area contributed by atoms with E-state index in [1.165, 1.54) is 29.2 Å². The van der Waals surface area contributed by atoms with Crippen molar-refractivity contribution in [2.24, 2.45) is 0 Å². The van der Waals surface area contributed by atoms with Gasteiger partial charge in [0.25, 0.3) is 6.43 Å². The van der Waals surface area contributed by atoms with Gasteiger partial charge in [-0.3, -0.25) is 0 Å². The number of piperidine rings is 1. The Kier molecular flexibility index (Phi) is 6.84. The zero-order valence-corrected chi connectivity index (χ0v) is 24.1. The molecule has 1 N–H and O–H groups in total. The topological polar surface area (TPSA) is 46.0 Å². The first-order valence-corrected chi connectivity index (χ1v) is 13.0. The number of nitrogens with zero attached hydrogens (tertiary/aromatic N) is 4. The minimum Gasteiger partial charge on any atom is -0.394 e. The molecule has 0 bridgehead atoms. The van der Waals surface area contributed by atoms with Crippen LogP contribution in [0.2, 0.25) is 15.6 Å². The summed E-state index contributed by atoms with van der Waals surface area (Å²) in [5.41, 5.74) is 1.60. The third-order valence-electron chi connectivity index (χ3n) is 10.6. The van der Waals surface area contributed by atoms with E-state index in [-0.39, 0.29) is 43.6 Å². The van der Waals surface area contributed by atoms with E-state index in [1.54, 1.807) is 18.2 Å². The van der Waals surface area contributed by atoms with E-state index in [0.29, 0.717) is 17.1 Å². The standard InChI is InChI=1S/C20H30B10F3N5/c21-16(22)17(23,24)19(27,28)38(20(29,30)18(16,25)26)13-5-9(14(32)33)4-11(7-13)35-15-34-8-37(36-15)12-3-1-2-10(31)6-12/h1-8,14H,21-30H2,(H,35,36). The summed E-state index contributed by atoms with van der Waals surface area (Å²) < 4.78 is 43.5. The van der Waals surface area contributed by atoms with Crippen molar-refractivity contribution in [2.45, 2.75) is 32.7 Å². The molecule has 2 aromatic carbocycles. The first kappa shape index (κ1) is 28.6. The number of halogens is 3. The minimum atomic E-state index is -2.65. The van der Waals surface area contributed by atoms with Crippen LogP contribution >= 0.6 is 0 Å². The lowest BCUT2D eigenvalue weighted by atomic mass is 9.05. The van der Waals surface area contributed by atoms with Gasteiger partial charge >= 0.3 is 0 Å². The zero-order chi connectivity index (χ0) is 28.5. The molecule has 1 saturated heterocycles. The van der Waals surface area contributed by atoms with Gasteiger partial charge in [0.2, 0.25) is 5.95 Å². The van der Waals surface area contributed by atoms with E-state index in [1.807, 2.05) is 6.07 Å². The summed E-state index contributed by atoms with van der Waals surface area (Å²) in [6.07, 6.45) is -1.19. The number of anilines is 3. The van der Waals surface area contributed by atoms with Crippen LogP contribution in [0.3, 0.4) is 0 Å². The number of rotatable bonds is 5. The Morgan fingerprint density at radius 2 is 1.37 bits per heavy atom. The summed E-state index contributed by atoms with van der Waals surface area (Å²) in [4.78, 5) is 6.59. The molecule has 1 aliphatic rings. The molecule has 1 aromatic heterocycles. The minimum absolute atomic E-state index is 0.0709. The SMILES string of the molecule is BC1(B)N(c2cc(Nc3ncn(-c4cccc(F)c4)n3)cc(C(F)F)c2)C(B)(B)C(B)(B)C(B)(B)C1(B)B. The van der Waals surface area contributed by atoms with Crippen LogP contribution in [0.25, 0.3) is 5.69 Å². The molecule has 4 rings (SSSR count). The Balaban J connectivity index is 1.81. The lowest BCUT2D eigenvalue weighted by Gasteiger charge is -2.77. The van der Waals surface area contributed by atoms with Gasteiger partial charge in [-0.15, -0.1) is 5.10 Å². The molecule has 186 valence electrons. The van der Waals surface area contributed by atoms with Crippen molar-refractivity contribution >= 4 is 95.8 Å². The van der Waals surface area contributed by atoms with Gasteiger partial charge in [-0.25, -0.2) is 17.9 Å². The molecular formula is C20H30B10F3N5. The molecule has 0 aliphatic carbocycles. The molecule has 1 fully saturated rings. The summed E-state index contributed by atoms with van der Waals surface area (Å²) in [7, 11) is 22.5. The second-order valence-electron chi connectivity index (χ2n) is 13.1. The highest BCUT2D eigenvalue weighted by Crippen LogP contribution is 2.69. The van der Waals surface area contributed by atoms with Crippen molar-refractivity contribution in [3.05, 3.63) is 60.2 Å². The average Bonchev–Trinajstić information content (AvgIpc) is 3.26. The number of hydrogen-bond acceptors (Lipinski definition) is 4.